The minimum absolute atomic E-state index is 0.467. The first-order valence-electron chi connectivity index (χ1n) is 6.58. The van der Waals surface area contributed by atoms with Crippen molar-refractivity contribution in [2.75, 3.05) is 27.2 Å². The van der Waals surface area contributed by atoms with E-state index in [0.717, 1.165) is 37.5 Å². The molecule has 1 saturated carbocycles. The van der Waals surface area contributed by atoms with Gasteiger partial charge in [0.1, 0.15) is 5.78 Å². The molecule has 0 bridgehead atoms. The summed E-state index contributed by atoms with van der Waals surface area (Å²) in [6, 6.07) is 0.623. The highest BCUT2D eigenvalue weighted by atomic mass is 16.1. The molecule has 2 rings (SSSR count). The average Bonchev–Trinajstić information content (AvgIpc) is 2.69. The summed E-state index contributed by atoms with van der Waals surface area (Å²) in [6.45, 7) is 2.45. The van der Waals surface area contributed by atoms with Crippen molar-refractivity contribution >= 4 is 5.78 Å². The number of Topliss-reactive ketones (excluding diaryl/α,β-unsaturated/α-hetero) is 1. The van der Waals surface area contributed by atoms with Crippen LogP contribution in [0.2, 0.25) is 0 Å². The molecular formula is C13H24N2O. The lowest BCUT2D eigenvalue weighted by Crippen LogP contribution is -2.42. The van der Waals surface area contributed by atoms with Crippen LogP contribution in [0.1, 0.15) is 32.1 Å². The van der Waals surface area contributed by atoms with E-state index in [1.807, 2.05) is 0 Å². The molecule has 0 aromatic heterocycles. The van der Waals surface area contributed by atoms with E-state index in [9.17, 15) is 4.79 Å². The molecule has 2 unspecified atom stereocenters. The molecule has 1 N–H and O–H groups in total. The molecule has 0 aromatic carbocycles. The van der Waals surface area contributed by atoms with Crippen LogP contribution in [0.4, 0.5) is 0 Å². The number of nitrogens with one attached hydrogen (secondary N) is 1. The van der Waals surface area contributed by atoms with E-state index in [1.54, 1.807) is 0 Å². The Kier molecular flexibility index (Phi) is 3.98. The van der Waals surface area contributed by atoms with Crippen molar-refractivity contribution in [3.63, 3.8) is 0 Å². The molecule has 2 aliphatic rings. The van der Waals surface area contributed by atoms with Gasteiger partial charge in [-0.1, -0.05) is 0 Å². The quantitative estimate of drug-likeness (QED) is 0.784. The molecule has 3 heteroatoms. The van der Waals surface area contributed by atoms with E-state index in [2.05, 4.69) is 24.3 Å². The molecule has 2 fully saturated rings. The fraction of sp³-hybridized carbons (Fsp3) is 0.923. The second-order valence-corrected chi connectivity index (χ2v) is 5.50. The zero-order valence-corrected chi connectivity index (χ0v) is 10.5. The van der Waals surface area contributed by atoms with Crippen molar-refractivity contribution in [2.45, 2.75) is 38.1 Å². The SMILES string of the molecule is CNC(C1CCC(=O)CC1)C1CCN(C)C1. The van der Waals surface area contributed by atoms with Crippen LogP contribution in [-0.2, 0) is 4.79 Å². The van der Waals surface area contributed by atoms with Gasteiger partial charge in [-0.2, -0.15) is 0 Å². The summed E-state index contributed by atoms with van der Waals surface area (Å²) in [5.41, 5.74) is 0. The summed E-state index contributed by atoms with van der Waals surface area (Å²) in [7, 11) is 4.29. The lowest BCUT2D eigenvalue weighted by atomic mass is 9.78. The maximum absolute atomic E-state index is 11.3. The van der Waals surface area contributed by atoms with E-state index in [4.69, 9.17) is 0 Å². The summed E-state index contributed by atoms with van der Waals surface area (Å²) in [5.74, 6) is 1.97. The predicted molar refractivity (Wildman–Crippen MR) is 65.4 cm³/mol. The molecule has 92 valence electrons. The Bertz CT molecular complexity index is 244. The van der Waals surface area contributed by atoms with Gasteiger partial charge < -0.3 is 10.2 Å². The van der Waals surface area contributed by atoms with Crippen molar-refractivity contribution in [1.82, 2.24) is 10.2 Å². The zero-order chi connectivity index (χ0) is 11.5. The van der Waals surface area contributed by atoms with Crippen LogP contribution in [0.25, 0.3) is 0 Å². The van der Waals surface area contributed by atoms with Gasteiger partial charge >= 0.3 is 0 Å². The second kappa shape index (κ2) is 5.28. The van der Waals surface area contributed by atoms with Gasteiger partial charge in [0.15, 0.2) is 0 Å². The summed E-state index contributed by atoms with van der Waals surface area (Å²) in [6.07, 6.45) is 5.14. The monoisotopic (exact) mass is 224 g/mol. The maximum Gasteiger partial charge on any atom is 0.132 e. The van der Waals surface area contributed by atoms with Crippen LogP contribution in [-0.4, -0.2) is 43.9 Å². The molecule has 0 spiro atoms. The van der Waals surface area contributed by atoms with Crippen molar-refractivity contribution in [2.24, 2.45) is 11.8 Å². The molecule has 2 atom stereocenters. The van der Waals surface area contributed by atoms with Crippen molar-refractivity contribution in [3.8, 4) is 0 Å². The molecule has 0 radical (unpaired) electrons. The first kappa shape index (κ1) is 12.1. The minimum atomic E-state index is 0.467. The Labute approximate surface area is 98.6 Å². The number of rotatable bonds is 3. The summed E-state index contributed by atoms with van der Waals surface area (Å²) < 4.78 is 0. The molecule has 1 aliphatic heterocycles. The molecule has 1 saturated heterocycles. The Balaban J connectivity index is 1.91. The van der Waals surface area contributed by atoms with Crippen LogP contribution in [0.3, 0.4) is 0 Å². The molecule has 0 amide bonds. The van der Waals surface area contributed by atoms with Gasteiger partial charge in [0.2, 0.25) is 0 Å². The smallest absolute Gasteiger partial charge is 0.132 e. The van der Waals surface area contributed by atoms with Gasteiger partial charge in [0.25, 0.3) is 0 Å². The zero-order valence-electron chi connectivity index (χ0n) is 10.5. The average molecular weight is 224 g/mol. The topological polar surface area (TPSA) is 32.3 Å². The fourth-order valence-corrected chi connectivity index (χ4v) is 3.44. The van der Waals surface area contributed by atoms with Crippen LogP contribution in [0.15, 0.2) is 0 Å². The predicted octanol–water partition coefficient (Wildman–Crippen LogP) is 1.29. The number of nitrogens with zero attached hydrogens (tertiary/aromatic N) is 1. The van der Waals surface area contributed by atoms with Crippen LogP contribution in [0, 0.1) is 11.8 Å². The number of carbonyl (C=O) groups is 1. The fourth-order valence-electron chi connectivity index (χ4n) is 3.44. The Morgan fingerprint density at radius 3 is 2.44 bits per heavy atom. The molecule has 16 heavy (non-hydrogen) atoms. The van der Waals surface area contributed by atoms with Crippen LogP contribution in [0.5, 0.6) is 0 Å². The lowest BCUT2D eigenvalue weighted by Gasteiger charge is -2.33. The molecule has 1 aliphatic carbocycles. The third-order valence-electron chi connectivity index (χ3n) is 4.36. The number of hydrogen-bond donors (Lipinski definition) is 1. The number of carbonyl (C=O) groups excluding carboxylic acids is 1. The Hall–Kier alpha value is -0.410. The number of likely N-dealkylation sites (tertiary alicyclic amines) is 1. The second-order valence-electron chi connectivity index (χ2n) is 5.50. The van der Waals surface area contributed by atoms with Crippen molar-refractivity contribution < 1.29 is 4.79 Å². The number of hydrogen-bond acceptors (Lipinski definition) is 3. The Morgan fingerprint density at radius 2 is 1.94 bits per heavy atom. The summed E-state index contributed by atoms with van der Waals surface area (Å²) in [5, 5.41) is 3.51. The lowest BCUT2D eigenvalue weighted by molar-refractivity contribution is -0.121. The van der Waals surface area contributed by atoms with Crippen molar-refractivity contribution in [3.05, 3.63) is 0 Å². The van der Waals surface area contributed by atoms with Crippen molar-refractivity contribution in [1.29, 1.82) is 0 Å². The first-order valence-corrected chi connectivity index (χ1v) is 6.58. The summed E-state index contributed by atoms with van der Waals surface area (Å²) >= 11 is 0. The van der Waals surface area contributed by atoms with Gasteiger partial charge in [-0.15, -0.1) is 0 Å². The highest BCUT2D eigenvalue weighted by Gasteiger charge is 2.33. The van der Waals surface area contributed by atoms with Gasteiger partial charge in [-0.25, -0.2) is 0 Å². The van der Waals surface area contributed by atoms with Crippen LogP contribution >= 0.6 is 0 Å². The van der Waals surface area contributed by atoms with E-state index in [1.165, 1.54) is 19.5 Å². The minimum Gasteiger partial charge on any atom is -0.316 e. The first-order chi connectivity index (χ1) is 7.70. The Morgan fingerprint density at radius 1 is 1.25 bits per heavy atom. The standard InChI is InChI=1S/C13H24N2O/c1-14-13(11-7-8-15(2)9-11)10-3-5-12(16)6-4-10/h10-11,13-14H,3-9H2,1-2H3. The maximum atomic E-state index is 11.3. The largest absolute Gasteiger partial charge is 0.316 e. The van der Waals surface area contributed by atoms with Gasteiger partial charge in [-0.05, 0) is 51.7 Å². The molecule has 3 nitrogen and oxygen atoms in total. The van der Waals surface area contributed by atoms with Gasteiger partial charge in [-0.3, -0.25) is 4.79 Å². The molecule has 0 aromatic rings. The van der Waals surface area contributed by atoms with Crippen LogP contribution < -0.4 is 5.32 Å². The summed E-state index contributed by atoms with van der Waals surface area (Å²) in [4.78, 5) is 13.7. The molecular weight excluding hydrogens is 200 g/mol. The van der Waals surface area contributed by atoms with Gasteiger partial charge in [0, 0.05) is 25.4 Å². The third-order valence-corrected chi connectivity index (χ3v) is 4.36. The van der Waals surface area contributed by atoms with E-state index >= 15 is 0 Å². The van der Waals surface area contributed by atoms with E-state index in [-0.39, 0.29) is 0 Å². The normalized spacial score (nSPS) is 30.9. The molecule has 1 heterocycles. The third kappa shape index (κ3) is 2.64. The van der Waals surface area contributed by atoms with E-state index < -0.39 is 0 Å². The number of ketones is 1. The highest BCUT2D eigenvalue weighted by Crippen LogP contribution is 2.31. The van der Waals surface area contributed by atoms with Gasteiger partial charge in [0.05, 0.1) is 0 Å². The van der Waals surface area contributed by atoms with E-state index in [0.29, 0.717) is 11.8 Å². The highest BCUT2D eigenvalue weighted by molar-refractivity contribution is 5.79.